The quantitative estimate of drug-likeness (QED) is 0.777. The topological polar surface area (TPSA) is 61.8 Å². The molecule has 1 aromatic rings. The summed E-state index contributed by atoms with van der Waals surface area (Å²) >= 11 is 0. The maximum atomic E-state index is 13.9. The molecule has 0 amide bonds. The number of fused-ring (bicyclic) bond motifs is 5. The van der Waals surface area contributed by atoms with E-state index in [0.29, 0.717) is 25.8 Å². The van der Waals surface area contributed by atoms with Crippen molar-refractivity contribution < 1.29 is 19.0 Å². The molecule has 6 heteroatoms. The Morgan fingerprint density at radius 3 is 3.04 bits per heavy atom. The minimum Gasteiger partial charge on any atom is -0.469 e. The molecule has 0 spiro atoms. The first-order chi connectivity index (χ1) is 12.9. The summed E-state index contributed by atoms with van der Waals surface area (Å²) in [6.07, 6.45) is 2.93. The molecule has 0 saturated carbocycles. The van der Waals surface area contributed by atoms with Crippen LogP contribution in [0.5, 0.6) is 0 Å². The zero-order valence-corrected chi connectivity index (χ0v) is 16.1. The summed E-state index contributed by atoms with van der Waals surface area (Å²) < 4.78 is 19.0. The van der Waals surface area contributed by atoms with Gasteiger partial charge in [-0.2, -0.15) is 0 Å². The van der Waals surface area contributed by atoms with Crippen molar-refractivity contribution in [3.63, 3.8) is 0 Å². The Morgan fingerprint density at radius 1 is 1.48 bits per heavy atom. The Hall–Kier alpha value is -1.66. The van der Waals surface area contributed by atoms with Crippen molar-refractivity contribution in [2.24, 2.45) is 11.8 Å². The van der Waals surface area contributed by atoms with Crippen LogP contribution in [0.25, 0.3) is 0 Å². The third-order valence-electron chi connectivity index (χ3n) is 6.81. The van der Waals surface area contributed by atoms with E-state index in [1.54, 1.807) is 12.1 Å². The number of halogens is 1. The number of rotatable bonds is 2. The number of hydrogen-bond donors (Lipinski definition) is 2. The number of ether oxygens (including phenoxy) is 1. The number of piperidine rings is 1. The van der Waals surface area contributed by atoms with Gasteiger partial charge < -0.3 is 20.1 Å². The molecule has 148 valence electrons. The Labute approximate surface area is 159 Å². The molecule has 3 heterocycles. The van der Waals surface area contributed by atoms with Gasteiger partial charge in [0.05, 0.1) is 18.6 Å². The minimum absolute atomic E-state index is 0.0638. The third kappa shape index (κ3) is 3.45. The molecule has 4 rings (SSSR count). The number of esters is 1. The minimum atomic E-state index is -0.694. The Morgan fingerprint density at radius 2 is 2.30 bits per heavy atom. The molecular formula is C21H29FN2O3. The van der Waals surface area contributed by atoms with Crippen molar-refractivity contribution >= 4 is 11.7 Å². The molecular weight excluding hydrogens is 347 g/mol. The van der Waals surface area contributed by atoms with Crippen LogP contribution < -0.4 is 5.32 Å². The van der Waals surface area contributed by atoms with Crippen molar-refractivity contribution in [3.8, 4) is 0 Å². The van der Waals surface area contributed by atoms with E-state index in [9.17, 15) is 14.3 Å². The van der Waals surface area contributed by atoms with Crippen LogP contribution in [0.4, 0.5) is 10.1 Å². The second-order valence-corrected chi connectivity index (χ2v) is 8.55. The molecule has 4 unspecified atom stereocenters. The van der Waals surface area contributed by atoms with E-state index in [1.165, 1.54) is 13.2 Å². The molecule has 2 fully saturated rings. The van der Waals surface area contributed by atoms with Crippen molar-refractivity contribution in [3.05, 3.63) is 29.6 Å². The molecule has 0 radical (unpaired) electrons. The largest absolute Gasteiger partial charge is 0.469 e. The van der Waals surface area contributed by atoms with E-state index in [-0.39, 0.29) is 35.6 Å². The highest BCUT2D eigenvalue weighted by Gasteiger charge is 2.46. The fourth-order valence-corrected chi connectivity index (χ4v) is 5.48. The van der Waals surface area contributed by atoms with Crippen LogP contribution in [-0.2, 0) is 9.53 Å². The Balaban J connectivity index is 1.70. The number of hydrogen-bond acceptors (Lipinski definition) is 5. The van der Waals surface area contributed by atoms with Crippen LogP contribution in [0.2, 0.25) is 0 Å². The SMILES string of the molecule is CCC1(O)C[C@@H]2C[C@@H](C(=O)OC)C3Nc4ccc(F)cc4C3CCN(C2)C1. The third-order valence-corrected chi connectivity index (χ3v) is 6.81. The van der Waals surface area contributed by atoms with Crippen molar-refractivity contribution in [2.75, 3.05) is 32.1 Å². The van der Waals surface area contributed by atoms with E-state index in [1.807, 2.05) is 6.92 Å². The van der Waals surface area contributed by atoms with Crippen LogP contribution >= 0.6 is 0 Å². The molecule has 6 atom stereocenters. The van der Waals surface area contributed by atoms with Gasteiger partial charge in [0, 0.05) is 30.7 Å². The number of carbonyl (C=O) groups is 1. The number of nitrogens with one attached hydrogen (secondary N) is 1. The number of methoxy groups -OCH3 is 1. The van der Waals surface area contributed by atoms with Gasteiger partial charge in [-0.25, -0.2) is 4.39 Å². The van der Waals surface area contributed by atoms with Crippen molar-refractivity contribution in [2.45, 2.75) is 50.2 Å². The molecule has 5 nitrogen and oxygen atoms in total. The molecule has 2 N–H and O–H groups in total. The van der Waals surface area contributed by atoms with Crippen LogP contribution in [0.3, 0.4) is 0 Å². The fraction of sp³-hybridized carbons (Fsp3) is 0.667. The highest BCUT2D eigenvalue weighted by Crippen LogP contribution is 2.45. The summed E-state index contributed by atoms with van der Waals surface area (Å²) in [5, 5.41) is 14.4. The predicted molar refractivity (Wildman–Crippen MR) is 101 cm³/mol. The maximum Gasteiger partial charge on any atom is 0.310 e. The number of benzene rings is 1. The summed E-state index contributed by atoms with van der Waals surface area (Å²) in [6.45, 7) is 4.42. The number of anilines is 1. The maximum absolute atomic E-state index is 13.9. The lowest BCUT2D eigenvalue weighted by Crippen LogP contribution is -2.51. The highest BCUT2D eigenvalue weighted by atomic mass is 19.1. The van der Waals surface area contributed by atoms with Gasteiger partial charge in [0.15, 0.2) is 0 Å². The van der Waals surface area contributed by atoms with Crippen LogP contribution in [0, 0.1) is 17.7 Å². The van der Waals surface area contributed by atoms with Gasteiger partial charge in [0.25, 0.3) is 0 Å². The van der Waals surface area contributed by atoms with Crippen molar-refractivity contribution in [1.82, 2.24) is 4.90 Å². The number of aliphatic hydroxyl groups is 1. The molecule has 0 aliphatic carbocycles. The van der Waals surface area contributed by atoms with E-state index in [4.69, 9.17) is 4.74 Å². The average molecular weight is 376 g/mol. The van der Waals surface area contributed by atoms with Crippen molar-refractivity contribution in [1.29, 1.82) is 0 Å². The molecule has 3 aliphatic rings. The summed E-state index contributed by atoms with van der Waals surface area (Å²) in [7, 11) is 1.43. The van der Waals surface area contributed by atoms with Gasteiger partial charge in [-0.15, -0.1) is 0 Å². The summed E-state index contributed by atoms with van der Waals surface area (Å²) in [4.78, 5) is 15.0. The molecule has 27 heavy (non-hydrogen) atoms. The first-order valence-corrected chi connectivity index (χ1v) is 10.0. The lowest BCUT2D eigenvalue weighted by Gasteiger charge is -2.43. The monoisotopic (exact) mass is 376 g/mol. The van der Waals surface area contributed by atoms with Crippen LogP contribution in [0.1, 0.15) is 44.1 Å². The Bertz CT molecular complexity index is 727. The smallest absolute Gasteiger partial charge is 0.310 e. The van der Waals surface area contributed by atoms with Gasteiger partial charge in [0.1, 0.15) is 5.82 Å². The van der Waals surface area contributed by atoms with Crippen LogP contribution in [-0.4, -0.2) is 54.4 Å². The predicted octanol–water partition coefficient (Wildman–Crippen LogP) is 2.75. The lowest BCUT2D eigenvalue weighted by molar-refractivity contribution is -0.147. The van der Waals surface area contributed by atoms with Gasteiger partial charge >= 0.3 is 5.97 Å². The second kappa shape index (κ2) is 7.06. The van der Waals surface area contributed by atoms with Crippen LogP contribution in [0.15, 0.2) is 18.2 Å². The molecule has 2 bridgehead atoms. The van der Waals surface area contributed by atoms with E-state index in [0.717, 1.165) is 30.8 Å². The first kappa shape index (κ1) is 18.7. The highest BCUT2D eigenvalue weighted by molar-refractivity contribution is 5.75. The molecule has 2 saturated heterocycles. The van der Waals surface area contributed by atoms with E-state index < -0.39 is 5.60 Å². The number of nitrogens with zero attached hydrogens (tertiary/aromatic N) is 1. The molecule has 1 aromatic carbocycles. The zero-order valence-electron chi connectivity index (χ0n) is 16.1. The Kier molecular flexibility index (Phi) is 4.89. The first-order valence-electron chi connectivity index (χ1n) is 10.0. The van der Waals surface area contributed by atoms with E-state index >= 15 is 0 Å². The summed E-state index contributed by atoms with van der Waals surface area (Å²) in [5.74, 6) is -0.461. The zero-order chi connectivity index (χ0) is 19.2. The molecule has 0 aromatic heterocycles. The lowest BCUT2D eigenvalue weighted by atomic mass is 9.77. The second-order valence-electron chi connectivity index (χ2n) is 8.55. The molecule has 3 aliphatic heterocycles. The van der Waals surface area contributed by atoms with Gasteiger partial charge in [-0.05, 0) is 61.9 Å². The standard InChI is InChI=1S/C21H29FN2O3/c1-3-21(26)10-13-8-17(20(25)27-2)19-15(6-7-24(11-13)12-21)16-9-14(22)4-5-18(16)23-19/h4-5,9,13,15,17,19,23,26H,3,6-8,10-12H2,1-2H3/t13-,15?,17+,19?,21?/m0/s1. The fourth-order valence-electron chi connectivity index (χ4n) is 5.48. The summed E-state index contributed by atoms with van der Waals surface area (Å²) in [6, 6.07) is 4.74. The van der Waals surface area contributed by atoms with Gasteiger partial charge in [-0.3, -0.25) is 4.79 Å². The average Bonchev–Trinajstić information content (AvgIpc) is 3.02. The normalized spacial score (nSPS) is 37.9. The van der Waals surface area contributed by atoms with Gasteiger partial charge in [0.2, 0.25) is 0 Å². The van der Waals surface area contributed by atoms with E-state index in [2.05, 4.69) is 10.2 Å². The van der Waals surface area contributed by atoms with Gasteiger partial charge in [-0.1, -0.05) is 6.92 Å². The summed E-state index contributed by atoms with van der Waals surface area (Å²) in [5.41, 5.74) is 1.18. The number of carbonyl (C=O) groups excluding carboxylic acids is 1.